The van der Waals surface area contributed by atoms with E-state index in [1.54, 1.807) is 11.9 Å². The number of likely N-dealkylation sites (N-methyl/N-ethyl adjacent to an activating group) is 1. The molecule has 16 heavy (non-hydrogen) atoms. The van der Waals surface area contributed by atoms with Crippen molar-refractivity contribution in [2.24, 2.45) is 11.7 Å². The van der Waals surface area contributed by atoms with Gasteiger partial charge in [-0.25, -0.2) is 0 Å². The molecule has 0 aromatic carbocycles. The van der Waals surface area contributed by atoms with Crippen molar-refractivity contribution in [3.05, 3.63) is 0 Å². The number of piperidine rings is 1. The second-order valence-corrected chi connectivity index (χ2v) is 4.87. The summed E-state index contributed by atoms with van der Waals surface area (Å²) in [5.74, 6) is -0.467. The molecule has 1 heterocycles. The van der Waals surface area contributed by atoms with E-state index in [1.807, 2.05) is 13.8 Å². The van der Waals surface area contributed by atoms with Crippen LogP contribution in [0.5, 0.6) is 0 Å². The van der Waals surface area contributed by atoms with Crippen LogP contribution in [0.2, 0.25) is 0 Å². The van der Waals surface area contributed by atoms with E-state index in [1.165, 1.54) is 0 Å². The minimum absolute atomic E-state index is 0.0287. The summed E-state index contributed by atoms with van der Waals surface area (Å²) < 4.78 is 0. The lowest BCUT2D eigenvalue weighted by molar-refractivity contribution is -0.140. The minimum Gasteiger partial charge on any atom is -0.369 e. The monoisotopic (exact) mass is 227 g/mol. The summed E-state index contributed by atoms with van der Waals surface area (Å²) in [4.78, 5) is 25.0. The standard InChI is InChI=1S/C11H21N3O2/c1-11(2,13-3)10(16)14-6-4-5-8(7-14)9(12)15/h8,13H,4-7H2,1-3H3,(H2,12,15). The number of amides is 2. The predicted octanol–water partition coefficient (Wildman–Crippen LogP) is -0.292. The number of nitrogens with two attached hydrogens (primary N) is 1. The lowest BCUT2D eigenvalue weighted by Gasteiger charge is -2.36. The number of likely N-dealkylation sites (tertiary alicyclic amines) is 1. The molecule has 5 heteroatoms. The van der Waals surface area contributed by atoms with E-state index in [9.17, 15) is 9.59 Å². The number of primary amides is 1. The zero-order chi connectivity index (χ0) is 12.3. The van der Waals surface area contributed by atoms with Crippen LogP contribution in [0.15, 0.2) is 0 Å². The molecule has 1 aliphatic rings. The van der Waals surface area contributed by atoms with Gasteiger partial charge in [-0.15, -0.1) is 0 Å². The Bertz CT molecular complexity index is 289. The molecule has 5 nitrogen and oxygen atoms in total. The van der Waals surface area contributed by atoms with Gasteiger partial charge >= 0.3 is 0 Å². The molecule has 0 radical (unpaired) electrons. The highest BCUT2D eigenvalue weighted by molar-refractivity contribution is 5.86. The van der Waals surface area contributed by atoms with Gasteiger partial charge in [-0.1, -0.05) is 0 Å². The van der Waals surface area contributed by atoms with Crippen LogP contribution in [0.25, 0.3) is 0 Å². The first-order valence-corrected chi connectivity index (χ1v) is 5.66. The summed E-state index contributed by atoms with van der Waals surface area (Å²) in [5, 5.41) is 2.98. The Morgan fingerprint density at radius 3 is 2.56 bits per heavy atom. The van der Waals surface area contributed by atoms with Crippen molar-refractivity contribution >= 4 is 11.8 Å². The van der Waals surface area contributed by atoms with Crippen molar-refractivity contribution in [1.82, 2.24) is 10.2 Å². The number of hydrogen-bond donors (Lipinski definition) is 2. The highest BCUT2D eigenvalue weighted by Gasteiger charge is 2.34. The molecule has 0 spiro atoms. The van der Waals surface area contributed by atoms with Crippen molar-refractivity contribution in [2.75, 3.05) is 20.1 Å². The molecule has 1 rings (SSSR count). The number of hydrogen-bond acceptors (Lipinski definition) is 3. The van der Waals surface area contributed by atoms with Gasteiger partial charge in [0.2, 0.25) is 11.8 Å². The topological polar surface area (TPSA) is 75.4 Å². The molecule has 0 saturated carbocycles. The fraction of sp³-hybridized carbons (Fsp3) is 0.818. The van der Waals surface area contributed by atoms with E-state index < -0.39 is 5.54 Å². The maximum absolute atomic E-state index is 12.1. The normalized spacial score (nSPS) is 21.9. The van der Waals surface area contributed by atoms with Crippen LogP contribution in [0.4, 0.5) is 0 Å². The molecule has 0 aliphatic carbocycles. The number of carbonyl (C=O) groups is 2. The number of nitrogens with zero attached hydrogens (tertiary/aromatic N) is 1. The molecule has 92 valence electrons. The average Bonchev–Trinajstić information content (AvgIpc) is 2.28. The highest BCUT2D eigenvalue weighted by Crippen LogP contribution is 2.19. The van der Waals surface area contributed by atoms with E-state index in [-0.39, 0.29) is 17.7 Å². The average molecular weight is 227 g/mol. The fourth-order valence-electron chi connectivity index (χ4n) is 1.90. The lowest BCUT2D eigenvalue weighted by atomic mass is 9.95. The summed E-state index contributed by atoms with van der Waals surface area (Å²) in [6, 6.07) is 0. The molecule has 0 aromatic heterocycles. The molecule has 1 atom stereocenters. The smallest absolute Gasteiger partial charge is 0.242 e. The van der Waals surface area contributed by atoms with E-state index in [2.05, 4.69) is 5.32 Å². The fourth-order valence-corrected chi connectivity index (χ4v) is 1.90. The summed E-state index contributed by atoms with van der Waals surface area (Å²) in [7, 11) is 1.76. The first kappa shape index (κ1) is 13.0. The Labute approximate surface area is 96.4 Å². The Balaban J connectivity index is 2.67. The van der Waals surface area contributed by atoms with Gasteiger partial charge in [-0.05, 0) is 33.7 Å². The summed E-state index contributed by atoms with van der Waals surface area (Å²) in [6.45, 7) is 4.85. The van der Waals surface area contributed by atoms with E-state index in [4.69, 9.17) is 5.73 Å². The molecule has 2 amide bonds. The third-order valence-electron chi connectivity index (χ3n) is 3.27. The minimum atomic E-state index is -0.584. The van der Waals surface area contributed by atoms with Crippen LogP contribution in [0.3, 0.4) is 0 Å². The molecule has 1 unspecified atom stereocenters. The van der Waals surface area contributed by atoms with Crippen molar-refractivity contribution < 1.29 is 9.59 Å². The van der Waals surface area contributed by atoms with Gasteiger partial charge in [0.15, 0.2) is 0 Å². The predicted molar refractivity (Wildman–Crippen MR) is 61.6 cm³/mol. The first-order valence-electron chi connectivity index (χ1n) is 5.66. The largest absolute Gasteiger partial charge is 0.369 e. The van der Waals surface area contributed by atoms with Gasteiger partial charge in [0.25, 0.3) is 0 Å². The lowest BCUT2D eigenvalue weighted by Crippen LogP contribution is -2.56. The molecular weight excluding hydrogens is 206 g/mol. The first-order chi connectivity index (χ1) is 7.38. The number of nitrogens with one attached hydrogen (secondary N) is 1. The van der Waals surface area contributed by atoms with Crippen molar-refractivity contribution in [3.8, 4) is 0 Å². The van der Waals surface area contributed by atoms with Gasteiger partial charge in [-0.3, -0.25) is 9.59 Å². The van der Waals surface area contributed by atoms with Crippen LogP contribution in [-0.4, -0.2) is 42.4 Å². The van der Waals surface area contributed by atoms with Gasteiger partial charge in [0, 0.05) is 13.1 Å². The van der Waals surface area contributed by atoms with Gasteiger partial charge < -0.3 is 16.0 Å². The van der Waals surface area contributed by atoms with Crippen LogP contribution < -0.4 is 11.1 Å². The SMILES string of the molecule is CNC(C)(C)C(=O)N1CCCC(C(N)=O)C1. The molecule has 1 saturated heterocycles. The van der Waals surface area contributed by atoms with Crippen LogP contribution in [0.1, 0.15) is 26.7 Å². The van der Waals surface area contributed by atoms with Crippen molar-refractivity contribution in [3.63, 3.8) is 0 Å². The quantitative estimate of drug-likeness (QED) is 0.695. The summed E-state index contributed by atoms with van der Waals surface area (Å²) in [6.07, 6.45) is 1.64. The van der Waals surface area contributed by atoms with Gasteiger partial charge in [0.1, 0.15) is 0 Å². The second kappa shape index (κ2) is 4.82. The van der Waals surface area contributed by atoms with Crippen molar-refractivity contribution in [1.29, 1.82) is 0 Å². The molecule has 0 aromatic rings. The van der Waals surface area contributed by atoms with Crippen LogP contribution in [0, 0.1) is 5.92 Å². The molecule has 1 fully saturated rings. The Morgan fingerprint density at radius 1 is 1.44 bits per heavy atom. The van der Waals surface area contributed by atoms with Crippen molar-refractivity contribution in [2.45, 2.75) is 32.2 Å². The van der Waals surface area contributed by atoms with Gasteiger partial charge in [-0.2, -0.15) is 0 Å². The maximum Gasteiger partial charge on any atom is 0.242 e. The molecule has 3 N–H and O–H groups in total. The molecular formula is C11H21N3O2. The Kier molecular flexibility index (Phi) is 3.91. The van der Waals surface area contributed by atoms with E-state index in [0.29, 0.717) is 13.1 Å². The zero-order valence-electron chi connectivity index (χ0n) is 10.2. The van der Waals surface area contributed by atoms with Crippen LogP contribution in [-0.2, 0) is 9.59 Å². The highest BCUT2D eigenvalue weighted by atomic mass is 16.2. The summed E-state index contributed by atoms with van der Waals surface area (Å²) >= 11 is 0. The van der Waals surface area contributed by atoms with Crippen LogP contribution >= 0.6 is 0 Å². The summed E-state index contributed by atoms with van der Waals surface area (Å²) in [5.41, 5.74) is 4.69. The Morgan fingerprint density at radius 2 is 2.06 bits per heavy atom. The number of carbonyl (C=O) groups excluding carboxylic acids is 2. The molecule has 0 bridgehead atoms. The third-order valence-corrected chi connectivity index (χ3v) is 3.27. The second-order valence-electron chi connectivity index (χ2n) is 4.87. The Hall–Kier alpha value is -1.10. The number of rotatable bonds is 3. The molecule has 1 aliphatic heterocycles. The maximum atomic E-state index is 12.1. The van der Waals surface area contributed by atoms with E-state index in [0.717, 1.165) is 12.8 Å². The zero-order valence-corrected chi connectivity index (χ0v) is 10.2. The van der Waals surface area contributed by atoms with E-state index >= 15 is 0 Å². The third kappa shape index (κ3) is 2.72. The van der Waals surface area contributed by atoms with Gasteiger partial charge in [0.05, 0.1) is 11.5 Å².